The van der Waals surface area contributed by atoms with E-state index in [0.717, 1.165) is 106 Å². The summed E-state index contributed by atoms with van der Waals surface area (Å²) in [4.78, 5) is 43.1. The Labute approximate surface area is 334 Å². The molecule has 10 rings (SSSR count). The van der Waals surface area contributed by atoms with Crippen LogP contribution in [0.25, 0.3) is 66.8 Å². The number of para-hydroxylation sites is 2. The smallest absolute Gasteiger partial charge is 0.356 e. The number of rotatable bonds is 8. The van der Waals surface area contributed by atoms with Crippen LogP contribution in [0, 0.1) is 0 Å². The number of aromatic nitrogens is 8. The van der Waals surface area contributed by atoms with Gasteiger partial charge in [-0.2, -0.15) is 10.2 Å². The number of carbonyl (C=O) groups is 2. The molecular formula is C46H40N8O4. The van der Waals surface area contributed by atoms with E-state index in [1.54, 1.807) is 32.3 Å². The van der Waals surface area contributed by atoms with Crippen LogP contribution in [-0.2, 0) is 35.4 Å². The number of hydrogen-bond donors (Lipinski definition) is 0. The van der Waals surface area contributed by atoms with E-state index in [0.29, 0.717) is 24.6 Å². The molecular weight excluding hydrogens is 729 g/mol. The molecule has 0 bridgehead atoms. The maximum Gasteiger partial charge on any atom is 0.356 e. The molecule has 0 atom stereocenters. The number of pyridine rings is 4. The van der Waals surface area contributed by atoms with Crippen molar-refractivity contribution >= 4 is 33.7 Å². The van der Waals surface area contributed by atoms with Gasteiger partial charge in [0.2, 0.25) is 0 Å². The van der Waals surface area contributed by atoms with Gasteiger partial charge in [-0.05, 0) is 93.6 Å². The molecule has 0 amide bonds. The Morgan fingerprint density at radius 2 is 1.09 bits per heavy atom. The van der Waals surface area contributed by atoms with E-state index >= 15 is 0 Å². The van der Waals surface area contributed by atoms with Crippen molar-refractivity contribution in [3.05, 3.63) is 132 Å². The zero-order valence-corrected chi connectivity index (χ0v) is 32.3. The molecule has 0 saturated carbocycles. The van der Waals surface area contributed by atoms with Gasteiger partial charge >= 0.3 is 11.9 Å². The van der Waals surface area contributed by atoms with Crippen LogP contribution in [0.15, 0.2) is 109 Å². The Balaban J connectivity index is 0.000000150. The lowest BCUT2D eigenvalue weighted by molar-refractivity contribution is 0.0510. The summed E-state index contributed by atoms with van der Waals surface area (Å²) in [5.41, 5.74) is 11.8. The van der Waals surface area contributed by atoms with Crippen molar-refractivity contribution < 1.29 is 19.1 Å². The number of benzene rings is 2. The van der Waals surface area contributed by atoms with E-state index in [1.165, 1.54) is 11.4 Å². The number of esters is 2. The van der Waals surface area contributed by atoms with E-state index in [2.05, 4.69) is 29.3 Å². The summed E-state index contributed by atoms with van der Waals surface area (Å²) in [6.45, 7) is 5.99. The zero-order valence-electron chi connectivity index (χ0n) is 32.3. The first-order valence-corrected chi connectivity index (χ1v) is 19.7. The van der Waals surface area contributed by atoms with Crippen LogP contribution in [0.5, 0.6) is 0 Å². The fraction of sp³-hybridized carbons (Fsp3) is 0.217. The molecule has 2 aromatic carbocycles. The molecule has 8 heterocycles. The maximum atomic E-state index is 12.5. The first kappa shape index (κ1) is 36.6. The van der Waals surface area contributed by atoms with Gasteiger partial charge in [0.15, 0.2) is 0 Å². The summed E-state index contributed by atoms with van der Waals surface area (Å²) in [7, 11) is 0. The first-order chi connectivity index (χ1) is 28.5. The fourth-order valence-electron chi connectivity index (χ4n) is 7.97. The van der Waals surface area contributed by atoms with E-state index in [9.17, 15) is 9.59 Å². The zero-order chi connectivity index (χ0) is 39.6. The lowest BCUT2D eigenvalue weighted by atomic mass is 9.95. The van der Waals surface area contributed by atoms with Crippen molar-refractivity contribution in [2.24, 2.45) is 0 Å². The maximum absolute atomic E-state index is 12.5. The number of aryl methyl sites for hydroxylation is 2. The van der Waals surface area contributed by atoms with Gasteiger partial charge in [0.1, 0.15) is 22.8 Å². The van der Waals surface area contributed by atoms with E-state index in [4.69, 9.17) is 19.7 Å². The van der Waals surface area contributed by atoms with Crippen molar-refractivity contribution in [2.75, 3.05) is 13.2 Å². The van der Waals surface area contributed by atoms with Crippen molar-refractivity contribution in [1.29, 1.82) is 0 Å². The monoisotopic (exact) mass is 768 g/mol. The third kappa shape index (κ3) is 6.76. The number of carbonyl (C=O) groups excluding carboxylic acids is 2. The molecule has 2 aliphatic rings. The molecule has 8 aromatic rings. The third-order valence-corrected chi connectivity index (χ3v) is 10.4. The molecule has 0 spiro atoms. The molecule has 288 valence electrons. The highest BCUT2D eigenvalue weighted by Gasteiger charge is 2.28. The van der Waals surface area contributed by atoms with Gasteiger partial charge in [-0.25, -0.2) is 19.6 Å². The Morgan fingerprint density at radius 1 is 0.586 bits per heavy atom. The molecule has 0 aliphatic carbocycles. The highest BCUT2D eigenvalue weighted by atomic mass is 16.5. The first-order valence-electron chi connectivity index (χ1n) is 19.7. The molecule has 6 aromatic heterocycles. The number of ether oxygens (including phenoxy) is 2. The van der Waals surface area contributed by atoms with Crippen LogP contribution < -0.4 is 0 Å². The fourth-order valence-corrected chi connectivity index (χ4v) is 7.97. The number of hydrogen-bond acceptors (Lipinski definition) is 10. The molecule has 0 radical (unpaired) electrons. The predicted octanol–water partition coefficient (Wildman–Crippen LogP) is 8.57. The summed E-state index contributed by atoms with van der Waals surface area (Å²) in [5, 5.41) is 11.7. The number of fused-ring (bicyclic) bond motifs is 4. The van der Waals surface area contributed by atoms with Crippen molar-refractivity contribution in [3.63, 3.8) is 0 Å². The molecule has 0 N–H and O–H groups in total. The highest BCUT2D eigenvalue weighted by Crippen LogP contribution is 2.41. The van der Waals surface area contributed by atoms with Gasteiger partial charge in [-0.15, -0.1) is 0 Å². The van der Waals surface area contributed by atoms with Gasteiger partial charge in [0, 0.05) is 64.3 Å². The van der Waals surface area contributed by atoms with Crippen molar-refractivity contribution in [1.82, 2.24) is 39.5 Å². The van der Waals surface area contributed by atoms with Gasteiger partial charge < -0.3 is 9.47 Å². The van der Waals surface area contributed by atoms with E-state index < -0.39 is 11.9 Å². The van der Waals surface area contributed by atoms with Crippen molar-refractivity contribution in [2.45, 2.75) is 52.6 Å². The summed E-state index contributed by atoms with van der Waals surface area (Å²) in [6.07, 6.45) is 7.62. The second-order valence-electron chi connectivity index (χ2n) is 14.0. The van der Waals surface area contributed by atoms with Gasteiger partial charge in [-0.3, -0.25) is 19.3 Å². The van der Waals surface area contributed by atoms with Crippen LogP contribution in [0.1, 0.15) is 59.1 Å². The van der Waals surface area contributed by atoms with Gasteiger partial charge in [0.05, 0.1) is 35.6 Å². The quantitative estimate of drug-likeness (QED) is 0.138. The topological polar surface area (TPSA) is 140 Å². The summed E-state index contributed by atoms with van der Waals surface area (Å²) in [6, 6.07) is 31.1. The largest absolute Gasteiger partial charge is 0.461 e. The standard InChI is InChI=1S/2C23H20N4O2/c1-2-29-23(28)19-14-16(15-8-3-4-9-17(15)25-19)22-21(18-10-5-6-12-24-18)20-11-7-13-27(20)26-22;1-2-29-23(28)19-14-16(15-8-3-4-9-17(15)25-19)21-20-11-7-13-27(20)26-22(21)18-10-5-6-12-24-18/h2*3-6,8-10,12,14H,2,7,11,13H2,1H3. The van der Waals surface area contributed by atoms with Crippen LogP contribution in [0.3, 0.4) is 0 Å². The SMILES string of the molecule is CCOC(=O)c1cc(-c2c(-c3ccccn3)nn3c2CCC3)c2ccccc2n1.CCOC(=O)c1cc(-c2nn3c(c2-c2ccccn2)CCC3)c2ccccc2n1. The molecule has 58 heavy (non-hydrogen) atoms. The van der Waals surface area contributed by atoms with E-state index in [-0.39, 0.29) is 0 Å². The molecule has 12 heteroatoms. The minimum absolute atomic E-state index is 0.292. The second kappa shape index (κ2) is 15.8. The van der Waals surface area contributed by atoms with Crippen LogP contribution >= 0.6 is 0 Å². The molecule has 0 fully saturated rings. The third-order valence-electron chi connectivity index (χ3n) is 10.4. The van der Waals surface area contributed by atoms with E-state index in [1.807, 2.05) is 91.0 Å². The summed E-state index contributed by atoms with van der Waals surface area (Å²) in [5.74, 6) is -0.839. The Bertz CT molecular complexity index is 2820. The minimum Gasteiger partial charge on any atom is -0.461 e. The highest BCUT2D eigenvalue weighted by molar-refractivity contribution is 6.03. The summed E-state index contributed by atoms with van der Waals surface area (Å²) < 4.78 is 14.6. The van der Waals surface area contributed by atoms with Crippen molar-refractivity contribution in [3.8, 4) is 45.0 Å². The van der Waals surface area contributed by atoms with Crippen LogP contribution in [0.4, 0.5) is 0 Å². The number of nitrogens with zero attached hydrogens (tertiary/aromatic N) is 8. The average molecular weight is 769 g/mol. The molecule has 2 aliphatic heterocycles. The lowest BCUT2D eigenvalue weighted by Crippen LogP contribution is -2.08. The normalized spacial score (nSPS) is 12.9. The van der Waals surface area contributed by atoms with Gasteiger partial charge in [-0.1, -0.05) is 48.5 Å². The molecule has 0 unspecified atom stereocenters. The van der Waals surface area contributed by atoms with Crippen LogP contribution in [-0.4, -0.2) is 64.6 Å². The Kier molecular flexibility index (Phi) is 9.97. The predicted molar refractivity (Wildman–Crippen MR) is 221 cm³/mol. The molecule has 0 saturated heterocycles. The van der Waals surface area contributed by atoms with Gasteiger partial charge in [0.25, 0.3) is 0 Å². The summed E-state index contributed by atoms with van der Waals surface area (Å²) >= 11 is 0. The second-order valence-corrected chi connectivity index (χ2v) is 14.0. The minimum atomic E-state index is -0.425. The Hall–Kier alpha value is -7.08. The molecule has 12 nitrogen and oxygen atoms in total. The lowest BCUT2D eigenvalue weighted by Gasteiger charge is -2.11. The average Bonchev–Trinajstić information content (AvgIpc) is 4.07. The Morgan fingerprint density at radius 3 is 1.66 bits per heavy atom. The van der Waals surface area contributed by atoms with Crippen LogP contribution in [0.2, 0.25) is 0 Å².